The maximum absolute atomic E-state index is 12.6. The number of amides is 1. The zero-order valence-electron chi connectivity index (χ0n) is 15.2. The lowest BCUT2D eigenvalue weighted by atomic mass is 10.1. The van der Waals surface area contributed by atoms with Crippen LogP contribution in [0.1, 0.15) is 18.1 Å². The molecule has 7 heteroatoms. The van der Waals surface area contributed by atoms with Crippen LogP contribution in [0.15, 0.2) is 42.5 Å². The topological polar surface area (TPSA) is 81.9 Å². The van der Waals surface area contributed by atoms with Crippen molar-refractivity contribution in [3.05, 3.63) is 63.7 Å². The van der Waals surface area contributed by atoms with E-state index in [1.54, 1.807) is 36.3 Å². The molecule has 0 unspecified atom stereocenters. The van der Waals surface area contributed by atoms with Gasteiger partial charge in [0.05, 0.1) is 24.3 Å². The fraction of sp³-hybridized carbons (Fsp3) is 0.250. The summed E-state index contributed by atoms with van der Waals surface area (Å²) in [7, 11) is 1.57. The van der Waals surface area contributed by atoms with Crippen molar-refractivity contribution >= 4 is 23.4 Å². The van der Waals surface area contributed by atoms with E-state index in [4.69, 9.17) is 9.47 Å². The Morgan fingerprint density at radius 3 is 2.78 bits per heavy atom. The highest BCUT2D eigenvalue weighted by Crippen LogP contribution is 2.32. The van der Waals surface area contributed by atoms with E-state index in [2.05, 4.69) is 0 Å². The minimum Gasteiger partial charge on any atom is -0.493 e. The minimum atomic E-state index is -0.455. The molecule has 1 aliphatic rings. The SMILES string of the molecule is CCOc1cc(/C=C/C(=O)N2CCc3ccc([N+](=O)[O-])cc32)ccc1OC. The van der Waals surface area contributed by atoms with E-state index in [1.807, 2.05) is 13.0 Å². The van der Waals surface area contributed by atoms with E-state index in [0.29, 0.717) is 36.8 Å². The van der Waals surface area contributed by atoms with E-state index >= 15 is 0 Å². The third-order valence-electron chi connectivity index (χ3n) is 4.35. The lowest BCUT2D eigenvalue weighted by molar-refractivity contribution is -0.384. The first-order valence-electron chi connectivity index (χ1n) is 8.61. The number of non-ortho nitro benzene ring substituents is 1. The maximum Gasteiger partial charge on any atom is 0.271 e. The average Bonchev–Trinajstić information content (AvgIpc) is 3.09. The standard InChI is InChI=1S/C20H20N2O5/c1-3-27-19-12-14(4-8-18(19)26-2)5-9-20(23)21-11-10-15-6-7-16(22(24)25)13-17(15)21/h4-9,12-13H,3,10-11H2,1-2H3/b9-5+. The van der Waals surface area contributed by atoms with Gasteiger partial charge in [-0.1, -0.05) is 12.1 Å². The maximum atomic E-state index is 12.6. The Kier molecular flexibility index (Phi) is 5.40. The van der Waals surface area contributed by atoms with Crippen LogP contribution in [0, 0.1) is 10.1 Å². The number of benzene rings is 2. The van der Waals surface area contributed by atoms with Crippen molar-refractivity contribution in [2.45, 2.75) is 13.3 Å². The van der Waals surface area contributed by atoms with Gasteiger partial charge in [0.15, 0.2) is 11.5 Å². The third-order valence-corrected chi connectivity index (χ3v) is 4.35. The Bertz CT molecular complexity index is 907. The second-order valence-corrected chi connectivity index (χ2v) is 5.99. The molecule has 2 aromatic rings. The van der Waals surface area contributed by atoms with Crippen LogP contribution < -0.4 is 14.4 Å². The van der Waals surface area contributed by atoms with Crippen LogP contribution in [0.2, 0.25) is 0 Å². The van der Waals surface area contributed by atoms with Gasteiger partial charge in [0, 0.05) is 24.8 Å². The molecule has 0 aliphatic carbocycles. The fourth-order valence-corrected chi connectivity index (χ4v) is 3.03. The van der Waals surface area contributed by atoms with E-state index in [9.17, 15) is 14.9 Å². The monoisotopic (exact) mass is 368 g/mol. The molecule has 0 atom stereocenters. The number of carbonyl (C=O) groups excluding carboxylic acids is 1. The van der Waals surface area contributed by atoms with Crippen molar-refractivity contribution < 1.29 is 19.2 Å². The molecule has 0 aromatic heterocycles. The van der Waals surface area contributed by atoms with Crippen LogP contribution >= 0.6 is 0 Å². The summed E-state index contributed by atoms with van der Waals surface area (Å²) in [5.41, 5.74) is 2.31. The Labute approximate surface area is 157 Å². The summed E-state index contributed by atoms with van der Waals surface area (Å²) in [4.78, 5) is 24.7. The van der Waals surface area contributed by atoms with Gasteiger partial charge in [-0.3, -0.25) is 14.9 Å². The minimum absolute atomic E-state index is 0.0195. The first-order chi connectivity index (χ1) is 13.0. The van der Waals surface area contributed by atoms with E-state index in [0.717, 1.165) is 11.1 Å². The van der Waals surface area contributed by atoms with Crippen LogP contribution in [0.3, 0.4) is 0 Å². The summed E-state index contributed by atoms with van der Waals surface area (Å²) in [6.45, 7) is 2.90. The first kappa shape index (κ1) is 18.4. The predicted octanol–water partition coefficient (Wildman–Crippen LogP) is 3.60. The Balaban J connectivity index is 1.80. The lowest BCUT2D eigenvalue weighted by Gasteiger charge is -2.15. The zero-order valence-corrected chi connectivity index (χ0v) is 15.2. The number of rotatable bonds is 6. The van der Waals surface area contributed by atoms with Gasteiger partial charge in [-0.25, -0.2) is 0 Å². The van der Waals surface area contributed by atoms with Gasteiger partial charge in [-0.05, 0) is 42.7 Å². The highest BCUT2D eigenvalue weighted by atomic mass is 16.6. The molecule has 0 N–H and O–H groups in total. The number of nitrogens with zero attached hydrogens (tertiary/aromatic N) is 2. The van der Waals surface area contributed by atoms with Crippen LogP contribution in [0.4, 0.5) is 11.4 Å². The van der Waals surface area contributed by atoms with Gasteiger partial charge in [0.2, 0.25) is 0 Å². The molecular weight excluding hydrogens is 348 g/mol. The van der Waals surface area contributed by atoms with Gasteiger partial charge in [-0.2, -0.15) is 0 Å². The predicted molar refractivity (Wildman–Crippen MR) is 102 cm³/mol. The number of carbonyl (C=O) groups is 1. The molecule has 7 nitrogen and oxygen atoms in total. The molecule has 0 radical (unpaired) electrons. The second-order valence-electron chi connectivity index (χ2n) is 5.99. The summed E-state index contributed by atoms with van der Waals surface area (Å²) in [5.74, 6) is 1.01. The number of ether oxygens (including phenoxy) is 2. The molecule has 0 saturated heterocycles. The van der Waals surface area contributed by atoms with Crippen molar-refractivity contribution in [1.29, 1.82) is 0 Å². The van der Waals surface area contributed by atoms with E-state index < -0.39 is 4.92 Å². The lowest BCUT2D eigenvalue weighted by Crippen LogP contribution is -2.26. The largest absolute Gasteiger partial charge is 0.493 e. The van der Waals surface area contributed by atoms with Crippen LogP contribution in [0.5, 0.6) is 11.5 Å². The number of fused-ring (bicyclic) bond motifs is 1. The number of hydrogen-bond donors (Lipinski definition) is 0. The van der Waals surface area contributed by atoms with Gasteiger partial charge >= 0.3 is 0 Å². The second kappa shape index (κ2) is 7.90. The number of nitro benzene ring substituents is 1. The van der Waals surface area contributed by atoms with Gasteiger partial charge in [0.25, 0.3) is 11.6 Å². The van der Waals surface area contributed by atoms with Gasteiger partial charge in [-0.15, -0.1) is 0 Å². The molecule has 2 aromatic carbocycles. The number of nitro groups is 1. The average molecular weight is 368 g/mol. The van der Waals surface area contributed by atoms with E-state index in [1.165, 1.54) is 18.2 Å². The molecule has 3 rings (SSSR count). The molecule has 1 amide bonds. The molecule has 0 bridgehead atoms. The van der Waals surface area contributed by atoms with Crippen molar-refractivity contribution in [1.82, 2.24) is 0 Å². The Morgan fingerprint density at radius 2 is 2.07 bits per heavy atom. The van der Waals surface area contributed by atoms with Crippen LogP contribution in [-0.2, 0) is 11.2 Å². The summed E-state index contributed by atoms with van der Waals surface area (Å²) in [6.07, 6.45) is 3.84. The molecule has 1 heterocycles. The van der Waals surface area contributed by atoms with E-state index in [-0.39, 0.29) is 11.6 Å². The van der Waals surface area contributed by atoms with Crippen molar-refractivity contribution in [2.75, 3.05) is 25.2 Å². The molecule has 0 spiro atoms. The molecular formula is C20H20N2O5. The van der Waals surface area contributed by atoms with Crippen molar-refractivity contribution in [2.24, 2.45) is 0 Å². The number of hydrogen-bond acceptors (Lipinski definition) is 5. The van der Waals surface area contributed by atoms with Gasteiger partial charge in [0.1, 0.15) is 0 Å². The Hall–Kier alpha value is -3.35. The molecule has 0 saturated carbocycles. The molecule has 0 fully saturated rings. The molecule has 27 heavy (non-hydrogen) atoms. The van der Waals surface area contributed by atoms with Crippen molar-refractivity contribution in [3.8, 4) is 11.5 Å². The zero-order chi connectivity index (χ0) is 19.4. The fourth-order valence-electron chi connectivity index (χ4n) is 3.03. The Morgan fingerprint density at radius 1 is 1.26 bits per heavy atom. The highest BCUT2D eigenvalue weighted by Gasteiger charge is 2.25. The quantitative estimate of drug-likeness (QED) is 0.442. The van der Waals surface area contributed by atoms with Crippen LogP contribution in [0.25, 0.3) is 6.08 Å². The summed E-state index contributed by atoms with van der Waals surface area (Å²) in [5, 5.41) is 11.0. The number of anilines is 1. The smallest absolute Gasteiger partial charge is 0.271 e. The molecule has 140 valence electrons. The molecule has 1 aliphatic heterocycles. The first-order valence-corrected chi connectivity index (χ1v) is 8.61. The summed E-state index contributed by atoms with van der Waals surface area (Å²) < 4.78 is 10.8. The van der Waals surface area contributed by atoms with Crippen molar-refractivity contribution in [3.63, 3.8) is 0 Å². The van der Waals surface area contributed by atoms with Crippen LogP contribution in [-0.4, -0.2) is 31.1 Å². The highest BCUT2D eigenvalue weighted by molar-refractivity contribution is 6.05. The number of methoxy groups -OCH3 is 1. The third kappa shape index (κ3) is 3.92. The summed E-state index contributed by atoms with van der Waals surface area (Å²) in [6, 6.07) is 10.0. The van der Waals surface area contributed by atoms with Gasteiger partial charge < -0.3 is 14.4 Å². The summed E-state index contributed by atoms with van der Waals surface area (Å²) >= 11 is 0. The normalized spacial score (nSPS) is 12.9.